The zero-order chi connectivity index (χ0) is 18.5. The fourth-order valence-corrected chi connectivity index (χ4v) is 2.43. The summed E-state index contributed by atoms with van der Waals surface area (Å²) in [6.07, 6.45) is 1.59. The minimum absolute atomic E-state index is 0.200. The molecule has 2 N–H and O–H groups in total. The fraction of sp³-hybridized carbons (Fsp3) is 0.278. The minimum Gasteiger partial charge on any atom is -0.367 e. The third-order valence-corrected chi connectivity index (χ3v) is 4.13. The SMILES string of the molecule is Cc1nn(-c2ccc(NCCNC(=O)c3ccccn3)nn2)c(C)c1C. The first-order valence-corrected chi connectivity index (χ1v) is 8.36. The first-order chi connectivity index (χ1) is 12.6. The van der Waals surface area contributed by atoms with Gasteiger partial charge in [0.2, 0.25) is 0 Å². The van der Waals surface area contributed by atoms with Crippen molar-refractivity contribution in [2.24, 2.45) is 0 Å². The highest BCUT2D eigenvalue weighted by molar-refractivity contribution is 5.92. The predicted octanol–water partition coefficient (Wildman–Crippen LogP) is 1.82. The fourth-order valence-electron chi connectivity index (χ4n) is 2.43. The van der Waals surface area contributed by atoms with Crippen molar-refractivity contribution >= 4 is 11.7 Å². The summed E-state index contributed by atoms with van der Waals surface area (Å²) in [6, 6.07) is 8.93. The Morgan fingerprint density at radius 1 is 1.08 bits per heavy atom. The van der Waals surface area contributed by atoms with Gasteiger partial charge in [0.1, 0.15) is 11.5 Å². The van der Waals surface area contributed by atoms with Crippen LogP contribution in [0.5, 0.6) is 0 Å². The van der Waals surface area contributed by atoms with Gasteiger partial charge in [0, 0.05) is 25.0 Å². The van der Waals surface area contributed by atoms with E-state index in [1.54, 1.807) is 29.1 Å². The molecule has 134 valence electrons. The second kappa shape index (κ2) is 7.73. The first-order valence-electron chi connectivity index (χ1n) is 8.36. The van der Waals surface area contributed by atoms with E-state index in [1.165, 1.54) is 0 Å². The van der Waals surface area contributed by atoms with Crippen LogP contribution in [0.3, 0.4) is 0 Å². The third-order valence-electron chi connectivity index (χ3n) is 4.13. The normalized spacial score (nSPS) is 10.6. The molecule has 8 heteroatoms. The Morgan fingerprint density at radius 2 is 1.92 bits per heavy atom. The van der Waals surface area contributed by atoms with Gasteiger partial charge in [0.25, 0.3) is 5.91 Å². The van der Waals surface area contributed by atoms with E-state index in [4.69, 9.17) is 0 Å². The average molecular weight is 351 g/mol. The number of aryl methyl sites for hydroxylation is 1. The lowest BCUT2D eigenvalue weighted by atomic mass is 10.2. The number of carbonyl (C=O) groups is 1. The molecule has 0 aliphatic heterocycles. The van der Waals surface area contributed by atoms with Crippen molar-refractivity contribution < 1.29 is 4.79 Å². The molecular weight excluding hydrogens is 330 g/mol. The molecular formula is C18H21N7O. The quantitative estimate of drug-likeness (QED) is 0.658. The summed E-state index contributed by atoms with van der Waals surface area (Å²) in [4.78, 5) is 15.9. The van der Waals surface area contributed by atoms with Crippen molar-refractivity contribution in [3.63, 3.8) is 0 Å². The molecule has 0 unspecified atom stereocenters. The molecule has 0 aliphatic carbocycles. The van der Waals surface area contributed by atoms with E-state index in [9.17, 15) is 4.79 Å². The zero-order valence-electron chi connectivity index (χ0n) is 15.0. The molecule has 8 nitrogen and oxygen atoms in total. The van der Waals surface area contributed by atoms with Crippen LogP contribution in [-0.4, -0.2) is 44.0 Å². The number of amides is 1. The molecule has 0 bridgehead atoms. The molecule has 3 aromatic heterocycles. The minimum atomic E-state index is -0.200. The van der Waals surface area contributed by atoms with Gasteiger partial charge in [0.05, 0.1) is 5.69 Å². The molecule has 26 heavy (non-hydrogen) atoms. The van der Waals surface area contributed by atoms with E-state index in [-0.39, 0.29) is 5.91 Å². The van der Waals surface area contributed by atoms with E-state index in [0.717, 1.165) is 17.0 Å². The Labute approximate surface area is 151 Å². The predicted molar refractivity (Wildman–Crippen MR) is 98.4 cm³/mol. The highest BCUT2D eigenvalue weighted by Crippen LogP contribution is 2.15. The second-order valence-electron chi connectivity index (χ2n) is 5.88. The molecule has 0 spiro atoms. The molecule has 0 aliphatic rings. The largest absolute Gasteiger partial charge is 0.367 e. The van der Waals surface area contributed by atoms with Crippen molar-refractivity contribution in [2.45, 2.75) is 20.8 Å². The smallest absolute Gasteiger partial charge is 0.269 e. The van der Waals surface area contributed by atoms with Crippen molar-refractivity contribution in [1.29, 1.82) is 0 Å². The van der Waals surface area contributed by atoms with Gasteiger partial charge < -0.3 is 10.6 Å². The lowest BCUT2D eigenvalue weighted by Crippen LogP contribution is -2.29. The van der Waals surface area contributed by atoms with Crippen LogP contribution in [0.15, 0.2) is 36.5 Å². The van der Waals surface area contributed by atoms with Crippen LogP contribution in [-0.2, 0) is 0 Å². The summed E-state index contributed by atoms with van der Waals surface area (Å²) in [7, 11) is 0. The number of nitrogens with zero attached hydrogens (tertiary/aromatic N) is 5. The van der Waals surface area contributed by atoms with E-state index in [2.05, 4.69) is 30.9 Å². The molecule has 0 fully saturated rings. The van der Waals surface area contributed by atoms with Gasteiger partial charge in [-0.25, -0.2) is 4.68 Å². The second-order valence-corrected chi connectivity index (χ2v) is 5.88. The van der Waals surface area contributed by atoms with E-state index < -0.39 is 0 Å². The Bertz CT molecular complexity index is 888. The first kappa shape index (κ1) is 17.5. The van der Waals surface area contributed by atoms with Crippen LogP contribution < -0.4 is 10.6 Å². The van der Waals surface area contributed by atoms with E-state index in [1.807, 2.05) is 32.9 Å². The summed E-state index contributed by atoms with van der Waals surface area (Å²) in [6.45, 7) is 7.01. The number of aromatic nitrogens is 5. The summed E-state index contributed by atoms with van der Waals surface area (Å²) in [5.74, 6) is 1.11. The zero-order valence-corrected chi connectivity index (χ0v) is 15.0. The molecule has 3 heterocycles. The average Bonchev–Trinajstić information content (AvgIpc) is 2.93. The number of hydrogen-bond donors (Lipinski definition) is 2. The Balaban J connectivity index is 1.52. The van der Waals surface area contributed by atoms with Gasteiger partial charge in [-0.05, 0) is 50.6 Å². The van der Waals surface area contributed by atoms with Gasteiger partial charge in [-0.15, -0.1) is 10.2 Å². The third kappa shape index (κ3) is 3.85. The molecule has 0 radical (unpaired) electrons. The highest BCUT2D eigenvalue weighted by Gasteiger charge is 2.10. The monoisotopic (exact) mass is 351 g/mol. The summed E-state index contributed by atoms with van der Waals surface area (Å²) >= 11 is 0. The van der Waals surface area contributed by atoms with E-state index >= 15 is 0 Å². The molecule has 0 aromatic carbocycles. The lowest BCUT2D eigenvalue weighted by molar-refractivity contribution is 0.0950. The number of hydrogen-bond acceptors (Lipinski definition) is 6. The van der Waals surface area contributed by atoms with E-state index in [0.29, 0.717) is 30.4 Å². The topological polar surface area (TPSA) is 97.6 Å². The number of rotatable bonds is 6. The van der Waals surface area contributed by atoms with Crippen LogP contribution in [0.4, 0.5) is 5.82 Å². The maximum absolute atomic E-state index is 11.9. The number of anilines is 1. The van der Waals surface area contributed by atoms with Gasteiger partial charge in [-0.2, -0.15) is 5.10 Å². The molecule has 0 saturated carbocycles. The van der Waals surface area contributed by atoms with Crippen molar-refractivity contribution in [3.05, 3.63) is 59.2 Å². The lowest BCUT2D eigenvalue weighted by Gasteiger charge is -2.08. The standard InChI is InChI=1S/C18H21N7O/c1-12-13(2)24-25(14(12)3)17-8-7-16(22-23-17)20-10-11-21-18(26)15-6-4-5-9-19-15/h4-9H,10-11H2,1-3H3,(H,20,22)(H,21,26). The Kier molecular flexibility index (Phi) is 5.21. The van der Waals surface area contributed by atoms with Gasteiger partial charge in [-0.1, -0.05) is 6.07 Å². The summed E-state index contributed by atoms with van der Waals surface area (Å²) in [5, 5.41) is 18.8. The van der Waals surface area contributed by atoms with Gasteiger partial charge in [0.15, 0.2) is 5.82 Å². The van der Waals surface area contributed by atoms with Crippen molar-refractivity contribution in [3.8, 4) is 5.82 Å². The van der Waals surface area contributed by atoms with Crippen LogP contribution in [0.1, 0.15) is 27.4 Å². The van der Waals surface area contributed by atoms with Crippen LogP contribution in [0, 0.1) is 20.8 Å². The van der Waals surface area contributed by atoms with Gasteiger partial charge >= 0.3 is 0 Å². The van der Waals surface area contributed by atoms with Gasteiger partial charge in [-0.3, -0.25) is 9.78 Å². The molecule has 0 atom stereocenters. The Hall–Kier alpha value is -3.29. The maximum atomic E-state index is 11.9. The molecule has 3 rings (SSSR count). The molecule has 3 aromatic rings. The number of carbonyl (C=O) groups excluding carboxylic acids is 1. The van der Waals surface area contributed by atoms with Crippen molar-refractivity contribution in [2.75, 3.05) is 18.4 Å². The summed E-state index contributed by atoms with van der Waals surface area (Å²) in [5.41, 5.74) is 3.58. The van der Waals surface area contributed by atoms with Crippen molar-refractivity contribution in [1.82, 2.24) is 30.3 Å². The number of nitrogens with one attached hydrogen (secondary N) is 2. The molecule has 0 saturated heterocycles. The van der Waals surface area contributed by atoms with Crippen LogP contribution in [0.25, 0.3) is 5.82 Å². The van der Waals surface area contributed by atoms with Crippen LogP contribution in [0.2, 0.25) is 0 Å². The highest BCUT2D eigenvalue weighted by atomic mass is 16.1. The molecule has 1 amide bonds. The van der Waals surface area contributed by atoms with Crippen LogP contribution >= 0.6 is 0 Å². The maximum Gasteiger partial charge on any atom is 0.269 e. The number of pyridine rings is 1. The summed E-state index contributed by atoms with van der Waals surface area (Å²) < 4.78 is 1.79. The Morgan fingerprint density at radius 3 is 2.54 bits per heavy atom.